The van der Waals surface area contributed by atoms with Crippen LogP contribution in [0.15, 0.2) is 0 Å². The number of rotatable bonds is 4. The summed E-state index contributed by atoms with van der Waals surface area (Å²) in [5.74, 6) is 0. The monoisotopic (exact) mass is 131 g/mol. The van der Waals surface area contributed by atoms with Crippen LogP contribution in [-0.4, -0.2) is 23.9 Å². The summed E-state index contributed by atoms with van der Waals surface area (Å²) in [7, 11) is 0. The predicted molar refractivity (Wildman–Crippen MR) is 37.1 cm³/mol. The Morgan fingerprint density at radius 3 is 2.44 bits per heavy atom. The molecule has 1 unspecified atom stereocenters. The van der Waals surface area contributed by atoms with Crippen molar-refractivity contribution in [2.45, 2.75) is 25.9 Å². The molecule has 0 amide bonds. The molecule has 0 heterocycles. The van der Waals surface area contributed by atoms with Crippen molar-refractivity contribution >= 4 is 0 Å². The minimum Gasteiger partial charge on any atom is -0.387 e. The molecule has 0 aromatic rings. The second kappa shape index (κ2) is 3.85. The Morgan fingerprint density at radius 2 is 2.11 bits per heavy atom. The highest BCUT2D eigenvalue weighted by atomic mass is 16.5. The van der Waals surface area contributed by atoms with E-state index in [9.17, 15) is 5.11 Å². The molecule has 9 heavy (non-hydrogen) atoms. The molecule has 0 fully saturated rings. The van der Waals surface area contributed by atoms with E-state index in [2.05, 4.69) is 6.92 Å². The zero-order valence-corrected chi connectivity index (χ0v) is 6.18. The van der Waals surface area contributed by atoms with E-state index in [1.165, 1.54) is 0 Å². The van der Waals surface area contributed by atoms with Gasteiger partial charge in [-0.05, 0) is 20.3 Å². The van der Waals surface area contributed by atoms with E-state index >= 15 is 0 Å². The first-order valence-electron chi connectivity index (χ1n) is 3.28. The summed E-state index contributed by atoms with van der Waals surface area (Å²) >= 11 is 0. The molecule has 0 bridgehead atoms. The summed E-state index contributed by atoms with van der Waals surface area (Å²) in [4.78, 5) is 0. The van der Waals surface area contributed by atoms with Crippen molar-refractivity contribution in [3.8, 4) is 0 Å². The summed E-state index contributed by atoms with van der Waals surface area (Å²) in [6.45, 7) is 8.30. The smallest absolute Gasteiger partial charge is 0.0878 e. The maximum absolute atomic E-state index is 9.22. The average molecular weight is 131 g/mol. The number of ether oxygens (including phenoxy) is 1. The predicted octanol–water partition coefficient (Wildman–Crippen LogP) is 0.998. The summed E-state index contributed by atoms with van der Waals surface area (Å²) in [5.41, 5.74) is -0.879. The lowest BCUT2D eigenvalue weighted by atomic mass is 10.1. The van der Waals surface area contributed by atoms with E-state index < -0.39 is 5.60 Å². The maximum atomic E-state index is 9.22. The van der Waals surface area contributed by atoms with Gasteiger partial charge in [-0.25, -0.2) is 0 Å². The van der Waals surface area contributed by atoms with Crippen LogP contribution in [0.1, 0.15) is 20.3 Å². The van der Waals surface area contributed by atoms with E-state index in [4.69, 9.17) is 4.74 Å². The number of aliphatic hydroxyl groups is 1. The molecule has 0 rings (SSSR count). The third kappa shape index (κ3) is 4.43. The highest BCUT2D eigenvalue weighted by molar-refractivity contribution is 4.78. The van der Waals surface area contributed by atoms with Crippen LogP contribution in [0.25, 0.3) is 0 Å². The molecular formula is C7H15O2. The zero-order chi connectivity index (χ0) is 7.33. The largest absolute Gasteiger partial charge is 0.387 e. The summed E-state index contributed by atoms with van der Waals surface area (Å²) in [6, 6.07) is 0. The molecule has 0 aliphatic carbocycles. The van der Waals surface area contributed by atoms with Crippen LogP contribution in [-0.2, 0) is 4.74 Å². The van der Waals surface area contributed by atoms with Gasteiger partial charge in [-0.1, -0.05) is 6.92 Å². The van der Waals surface area contributed by atoms with Crippen molar-refractivity contribution in [1.29, 1.82) is 0 Å². The second-order valence-electron chi connectivity index (χ2n) is 2.22. The highest BCUT2D eigenvalue weighted by Gasteiger charge is 2.16. The Balaban J connectivity index is 3.33. The molecular weight excluding hydrogens is 116 g/mol. The van der Waals surface area contributed by atoms with Gasteiger partial charge in [0.15, 0.2) is 0 Å². The van der Waals surface area contributed by atoms with E-state index in [1.807, 2.05) is 13.8 Å². The third-order valence-corrected chi connectivity index (χ3v) is 1.23. The van der Waals surface area contributed by atoms with Crippen molar-refractivity contribution in [3.63, 3.8) is 0 Å². The molecule has 0 aromatic heterocycles. The van der Waals surface area contributed by atoms with Gasteiger partial charge in [0.05, 0.1) is 12.2 Å². The summed E-state index contributed by atoms with van der Waals surface area (Å²) in [5, 5.41) is 9.22. The molecule has 2 nitrogen and oxygen atoms in total. The lowest BCUT2D eigenvalue weighted by Gasteiger charge is -2.19. The van der Waals surface area contributed by atoms with Crippen molar-refractivity contribution in [2.75, 3.05) is 13.2 Å². The van der Waals surface area contributed by atoms with E-state index in [0.717, 1.165) is 0 Å². The van der Waals surface area contributed by atoms with Gasteiger partial charge in [0.1, 0.15) is 0 Å². The molecule has 1 atom stereocenters. The zero-order valence-electron chi connectivity index (χ0n) is 6.18. The Labute approximate surface area is 56.8 Å². The second-order valence-corrected chi connectivity index (χ2v) is 2.22. The first kappa shape index (κ1) is 8.92. The quantitative estimate of drug-likeness (QED) is 0.616. The van der Waals surface area contributed by atoms with Crippen molar-refractivity contribution in [2.24, 2.45) is 0 Å². The first-order chi connectivity index (χ1) is 4.12. The molecule has 1 radical (unpaired) electrons. The topological polar surface area (TPSA) is 29.5 Å². The molecule has 0 spiro atoms. The van der Waals surface area contributed by atoms with Crippen molar-refractivity contribution < 1.29 is 9.84 Å². The molecule has 0 saturated carbocycles. The lowest BCUT2D eigenvalue weighted by Crippen LogP contribution is -2.29. The fraction of sp³-hybridized carbons (Fsp3) is 0.857. The van der Waals surface area contributed by atoms with Crippen LogP contribution in [0.4, 0.5) is 0 Å². The Hall–Kier alpha value is -0.0800. The Bertz CT molecular complexity index is 69.3. The minimum absolute atomic E-state index is 0.333. The van der Waals surface area contributed by atoms with Gasteiger partial charge < -0.3 is 9.84 Å². The SMILES string of the molecule is [CH2]C(O)(CC)COCC. The lowest BCUT2D eigenvalue weighted by molar-refractivity contribution is -0.0137. The van der Waals surface area contributed by atoms with Crippen LogP contribution in [0.3, 0.4) is 0 Å². The maximum Gasteiger partial charge on any atom is 0.0878 e. The standard InChI is InChI=1S/C7H15O2/c1-4-7(3,8)6-9-5-2/h8H,3-6H2,1-2H3. The highest BCUT2D eigenvalue weighted by Crippen LogP contribution is 2.06. The molecule has 1 N–H and O–H groups in total. The van der Waals surface area contributed by atoms with Gasteiger partial charge in [0.25, 0.3) is 0 Å². The normalized spacial score (nSPS) is 17.3. The average Bonchev–Trinajstić information content (AvgIpc) is 1.84. The molecule has 0 aromatic carbocycles. The molecule has 55 valence electrons. The molecule has 0 saturated heterocycles. The van der Waals surface area contributed by atoms with E-state index in [-0.39, 0.29) is 0 Å². The fourth-order valence-electron chi connectivity index (χ4n) is 0.394. The van der Waals surface area contributed by atoms with Gasteiger partial charge in [-0.3, -0.25) is 0 Å². The van der Waals surface area contributed by atoms with Gasteiger partial charge in [-0.15, -0.1) is 0 Å². The summed E-state index contributed by atoms with van der Waals surface area (Å²) in [6.07, 6.45) is 0.632. The van der Waals surface area contributed by atoms with E-state index in [1.54, 1.807) is 0 Å². The Kier molecular flexibility index (Phi) is 3.82. The Morgan fingerprint density at radius 1 is 1.56 bits per heavy atom. The minimum atomic E-state index is -0.879. The van der Waals surface area contributed by atoms with Crippen molar-refractivity contribution in [1.82, 2.24) is 0 Å². The van der Waals surface area contributed by atoms with Crippen LogP contribution < -0.4 is 0 Å². The molecule has 0 aliphatic rings. The third-order valence-electron chi connectivity index (χ3n) is 1.23. The summed E-state index contributed by atoms with van der Waals surface area (Å²) < 4.78 is 4.98. The van der Waals surface area contributed by atoms with Crippen LogP contribution in [0, 0.1) is 6.92 Å². The van der Waals surface area contributed by atoms with Gasteiger partial charge in [0, 0.05) is 6.61 Å². The van der Waals surface area contributed by atoms with Gasteiger partial charge >= 0.3 is 0 Å². The van der Waals surface area contributed by atoms with E-state index in [0.29, 0.717) is 19.6 Å². The van der Waals surface area contributed by atoms with Crippen molar-refractivity contribution in [3.05, 3.63) is 6.92 Å². The van der Waals surface area contributed by atoms with Gasteiger partial charge in [-0.2, -0.15) is 0 Å². The molecule has 2 heteroatoms. The number of hydrogen-bond donors (Lipinski definition) is 1. The van der Waals surface area contributed by atoms with Gasteiger partial charge in [0.2, 0.25) is 0 Å². The first-order valence-corrected chi connectivity index (χ1v) is 3.28. The molecule has 0 aliphatic heterocycles. The van der Waals surface area contributed by atoms with Crippen LogP contribution in [0.2, 0.25) is 0 Å². The van der Waals surface area contributed by atoms with Crippen LogP contribution in [0.5, 0.6) is 0 Å². The number of hydrogen-bond acceptors (Lipinski definition) is 2. The van der Waals surface area contributed by atoms with Crippen LogP contribution >= 0.6 is 0 Å². The fourth-order valence-corrected chi connectivity index (χ4v) is 0.394.